The third-order valence-corrected chi connectivity index (χ3v) is 4.44. The molecule has 0 amide bonds. The number of halogens is 1. The molecule has 0 spiro atoms. The van der Waals surface area contributed by atoms with Crippen molar-refractivity contribution in [3.05, 3.63) is 45.7 Å². The number of ether oxygens (including phenoxy) is 1. The number of carbonyl (C=O) groups is 1. The van der Waals surface area contributed by atoms with Gasteiger partial charge in [-0.05, 0) is 31.9 Å². The first-order chi connectivity index (χ1) is 11.6. The molecule has 124 valence electrons. The molecule has 2 unspecified atom stereocenters. The molecule has 1 saturated heterocycles. The van der Waals surface area contributed by atoms with Crippen LogP contribution in [0.1, 0.15) is 34.6 Å². The number of morpholine rings is 1. The second-order valence-corrected chi connectivity index (χ2v) is 6.67. The first kappa shape index (κ1) is 16.6. The second kappa shape index (κ2) is 7.12. The highest BCUT2D eigenvalue weighted by molar-refractivity contribution is 7.10. The molecule has 24 heavy (non-hydrogen) atoms. The number of anilines is 1. The molecule has 1 fully saturated rings. The van der Waals surface area contributed by atoms with E-state index in [1.54, 1.807) is 11.7 Å². The van der Waals surface area contributed by atoms with Crippen LogP contribution in [0.3, 0.4) is 0 Å². The van der Waals surface area contributed by atoms with Crippen molar-refractivity contribution in [1.82, 2.24) is 4.98 Å². The molecular weight excluding hydrogens is 327 g/mol. The van der Waals surface area contributed by atoms with Crippen LogP contribution in [0.15, 0.2) is 23.8 Å². The molecule has 0 saturated carbocycles. The smallest absolute Gasteiger partial charge is 0.152 e. The molecule has 2 atom stereocenters. The lowest BCUT2D eigenvalue weighted by molar-refractivity contribution is -0.00527. The number of nitrogens with zero attached hydrogens (tertiary/aromatic N) is 2. The number of aldehydes is 1. The van der Waals surface area contributed by atoms with Crippen molar-refractivity contribution in [2.24, 2.45) is 0 Å². The van der Waals surface area contributed by atoms with E-state index in [0.717, 1.165) is 11.2 Å². The zero-order valence-corrected chi connectivity index (χ0v) is 14.3. The zero-order chi connectivity index (χ0) is 17.1. The summed E-state index contributed by atoms with van der Waals surface area (Å²) in [5, 5.41) is 0. The van der Waals surface area contributed by atoms with Gasteiger partial charge in [0.15, 0.2) is 6.29 Å². The third kappa shape index (κ3) is 3.64. The summed E-state index contributed by atoms with van der Waals surface area (Å²) >= 11 is 1.39. The molecule has 0 N–H and O–H groups in total. The summed E-state index contributed by atoms with van der Waals surface area (Å²) in [5.74, 6) is 5.21. The Morgan fingerprint density at radius 2 is 2.08 bits per heavy atom. The molecule has 2 heterocycles. The van der Waals surface area contributed by atoms with Crippen LogP contribution in [-0.2, 0) is 4.74 Å². The van der Waals surface area contributed by atoms with Gasteiger partial charge >= 0.3 is 0 Å². The largest absolute Gasteiger partial charge is 0.372 e. The van der Waals surface area contributed by atoms with E-state index < -0.39 is 5.82 Å². The van der Waals surface area contributed by atoms with Gasteiger partial charge in [0.2, 0.25) is 0 Å². The lowest BCUT2D eigenvalue weighted by Gasteiger charge is -2.37. The number of aromatic nitrogens is 1. The normalized spacial score (nSPS) is 20.4. The van der Waals surface area contributed by atoms with Crippen LogP contribution in [0.25, 0.3) is 0 Å². The lowest BCUT2D eigenvalue weighted by atomic mass is 10.1. The molecule has 0 radical (unpaired) electrons. The number of thiazole rings is 1. The first-order valence-electron chi connectivity index (χ1n) is 7.66. The number of rotatable bonds is 2. The fourth-order valence-electron chi connectivity index (χ4n) is 2.82. The van der Waals surface area contributed by atoms with Gasteiger partial charge < -0.3 is 9.64 Å². The SMILES string of the molecule is CC1CN(c2cc(F)c(C#Cc3cncs3)cc2C=O)CC(C)O1. The maximum Gasteiger partial charge on any atom is 0.152 e. The highest BCUT2D eigenvalue weighted by Crippen LogP contribution is 2.26. The van der Waals surface area contributed by atoms with E-state index in [4.69, 9.17) is 4.74 Å². The Labute approximate surface area is 144 Å². The lowest BCUT2D eigenvalue weighted by Crippen LogP contribution is -2.45. The van der Waals surface area contributed by atoms with E-state index in [1.165, 1.54) is 23.5 Å². The predicted molar refractivity (Wildman–Crippen MR) is 92.1 cm³/mol. The van der Waals surface area contributed by atoms with Crippen molar-refractivity contribution >= 4 is 23.3 Å². The van der Waals surface area contributed by atoms with Crippen LogP contribution in [0.5, 0.6) is 0 Å². The summed E-state index contributed by atoms with van der Waals surface area (Å²) in [6.07, 6.45) is 2.43. The average Bonchev–Trinajstić information content (AvgIpc) is 3.06. The Hall–Kier alpha value is -2.23. The molecule has 1 aromatic heterocycles. The van der Waals surface area contributed by atoms with Crippen molar-refractivity contribution in [3.63, 3.8) is 0 Å². The molecule has 1 aromatic carbocycles. The van der Waals surface area contributed by atoms with Crippen molar-refractivity contribution in [3.8, 4) is 11.8 Å². The summed E-state index contributed by atoms with van der Waals surface area (Å²) in [6.45, 7) is 5.18. The monoisotopic (exact) mass is 344 g/mol. The minimum absolute atomic E-state index is 0.0297. The predicted octanol–water partition coefficient (Wildman–Crippen LogP) is 3.11. The number of carbonyl (C=O) groups excluding carboxylic acids is 1. The van der Waals surface area contributed by atoms with Gasteiger partial charge in [0.05, 0.1) is 40.0 Å². The van der Waals surface area contributed by atoms with Gasteiger partial charge in [-0.25, -0.2) is 4.39 Å². The van der Waals surface area contributed by atoms with E-state index in [-0.39, 0.29) is 17.8 Å². The average molecular weight is 344 g/mol. The maximum absolute atomic E-state index is 14.5. The summed E-state index contributed by atoms with van der Waals surface area (Å²) in [5.41, 5.74) is 2.91. The van der Waals surface area contributed by atoms with Gasteiger partial charge in [0.1, 0.15) is 5.82 Å². The third-order valence-electron chi connectivity index (χ3n) is 3.76. The minimum Gasteiger partial charge on any atom is -0.372 e. The maximum atomic E-state index is 14.5. The quantitative estimate of drug-likeness (QED) is 0.620. The molecule has 1 aliphatic heterocycles. The van der Waals surface area contributed by atoms with Crippen LogP contribution < -0.4 is 4.90 Å². The molecule has 0 bridgehead atoms. The minimum atomic E-state index is -0.431. The zero-order valence-electron chi connectivity index (χ0n) is 13.5. The Morgan fingerprint density at radius 1 is 1.33 bits per heavy atom. The fraction of sp³-hybridized carbons (Fsp3) is 0.333. The van der Waals surface area contributed by atoms with Gasteiger partial charge in [-0.3, -0.25) is 9.78 Å². The van der Waals surface area contributed by atoms with Crippen molar-refractivity contribution < 1.29 is 13.9 Å². The van der Waals surface area contributed by atoms with Crippen molar-refractivity contribution in [2.45, 2.75) is 26.1 Å². The Kier molecular flexibility index (Phi) is 4.93. The Bertz CT molecular complexity index is 785. The van der Waals surface area contributed by atoms with Crippen molar-refractivity contribution in [2.75, 3.05) is 18.0 Å². The van der Waals surface area contributed by atoms with E-state index in [2.05, 4.69) is 16.8 Å². The van der Waals surface area contributed by atoms with Crippen LogP contribution in [-0.4, -0.2) is 36.6 Å². The Balaban J connectivity index is 1.94. The van der Waals surface area contributed by atoms with Gasteiger partial charge in [-0.2, -0.15) is 0 Å². The fourth-order valence-corrected chi connectivity index (χ4v) is 3.29. The summed E-state index contributed by atoms with van der Waals surface area (Å²) in [6, 6.07) is 2.90. The molecule has 2 aromatic rings. The summed E-state index contributed by atoms with van der Waals surface area (Å²) in [4.78, 5) is 18.2. The topological polar surface area (TPSA) is 42.4 Å². The summed E-state index contributed by atoms with van der Waals surface area (Å²) < 4.78 is 20.2. The summed E-state index contributed by atoms with van der Waals surface area (Å²) in [7, 11) is 0. The number of hydrogen-bond donors (Lipinski definition) is 0. The standard InChI is InChI=1S/C18H17FN2O2S/c1-12-8-21(9-13(2)23-12)18-6-17(19)14(5-15(18)10-22)3-4-16-7-20-11-24-16/h5-7,10-13H,8-9H2,1-2H3. The highest BCUT2D eigenvalue weighted by Gasteiger charge is 2.24. The number of hydrogen-bond acceptors (Lipinski definition) is 5. The van der Waals surface area contributed by atoms with Crippen LogP contribution >= 0.6 is 11.3 Å². The van der Waals surface area contributed by atoms with Crippen LogP contribution in [0, 0.1) is 17.7 Å². The van der Waals surface area contributed by atoms with Gasteiger partial charge in [0, 0.05) is 18.7 Å². The van der Waals surface area contributed by atoms with E-state index >= 15 is 0 Å². The molecule has 4 nitrogen and oxygen atoms in total. The molecule has 6 heteroatoms. The first-order valence-corrected chi connectivity index (χ1v) is 8.54. The molecule has 1 aliphatic rings. The van der Waals surface area contributed by atoms with Gasteiger partial charge in [-0.15, -0.1) is 11.3 Å². The molecule has 3 rings (SSSR count). The van der Waals surface area contributed by atoms with E-state index in [9.17, 15) is 9.18 Å². The second-order valence-electron chi connectivity index (χ2n) is 5.79. The van der Waals surface area contributed by atoms with Gasteiger partial charge in [-0.1, -0.05) is 5.92 Å². The van der Waals surface area contributed by atoms with Crippen LogP contribution in [0.2, 0.25) is 0 Å². The molecular formula is C18H17FN2O2S. The van der Waals surface area contributed by atoms with Gasteiger partial charge in [0.25, 0.3) is 0 Å². The van der Waals surface area contributed by atoms with E-state index in [1.807, 2.05) is 18.7 Å². The highest BCUT2D eigenvalue weighted by atomic mass is 32.1. The van der Waals surface area contributed by atoms with Crippen molar-refractivity contribution in [1.29, 1.82) is 0 Å². The number of benzene rings is 1. The Morgan fingerprint density at radius 3 is 2.71 bits per heavy atom. The van der Waals surface area contributed by atoms with Crippen LogP contribution in [0.4, 0.5) is 10.1 Å². The van der Waals surface area contributed by atoms with E-state index in [0.29, 0.717) is 24.3 Å². The molecule has 0 aliphatic carbocycles.